The number of aromatic nitrogens is 2. The maximum absolute atomic E-state index is 12.4. The third-order valence-corrected chi connectivity index (χ3v) is 5.32. The molecule has 1 N–H and O–H groups in total. The highest BCUT2D eigenvalue weighted by Crippen LogP contribution is 2.27. The van der Waals surface area contributed by atoms with Gasteiger partial charge in [0.1, 0.15) is 5.75 Å². The number of halogens is 1. The highest BCUT2D eigenvalue weighted by atomic mass is 35.5. The minimum Gasteiger partial charge on any atom is -0.495 e. The van der Waals surface area contributed by atoms with Gasteiger partial charge in [0.15, 0.2) is 0 Å². The smallest absolute Gasteiger partial charge is 0.242 e. The van der Waals surface area contributed by atoms with E-state index in [0.717, 1.165) is 11.1 Å². The summed E-state index contributed by atoms with van der Waals surface area (Å²) < 4.78 is 37.3. The maximum Gasteiger partial charge on any atom is 0.242 e. The number of hydrogen-bond donors (Lipinski definition) is 1. The molecule has 0 aliphatic rings. The van der Waals surface area contributed by atoms with Crippen LogP contribution in [-0.2, 0) is 16.6 Å². The molecule has 1 heterocycles. The van der Waals surface area contributed by atoms with Crippen LogP contribution in [0.1, 0.15) is 11.5 Å². The third kappa shape index (κ3) is 4.04. The zero-order valence-electron chi connectivity index (χ0n) is 14.1. The molecule has 0 atom stereocenters. The molecule has 7 nitrogen and oxygen atoms in total. The van der Waals surface area contributed by atoms with Crippen molar-refractivity contribution in [2.45, 2.75) is 18.4 Å². The van der Waals surface area contributed by atoms with Gasteiger partial charge in [0, 0.05) is 5.56 Å². The van der Waals surface area contributed by atoms with Crippen LogP contribution in [0.5, 0.6) is 5.75 Å². The van der Waals surface area contributed by atoms with Crippen molar-refractivity contribution in [3.63, 3.8) is 0 Å². The number of aryl methyl sites for hydroxylation is 1. The average Bonchev–Trinajstić information content (AvgIpc) is 3.10. The molecule has 0 aliphatic carbocycles. The number of nitrogens with zero attached hydrogens (tertiary/aromatic N) is 2. The summed E-state index contributed by atoms with van der Waals surface area (Å²) in [6.07, 6.45) is 0. The molecule has 136 valence electrons. The summed E-state index contributed by atoms with van der Waals surface area (Å²) in [5.41, 5.74) is 1.90. The molecular formula is C17H16ClN3O4S. The van der Waals surface area contributed by atoms with Crippen LogP contribution < -0.4 is 9.46 Å². The fourth-order valence-electron chi connectivity index (χ4n) is 2.20. The molecule has 9 heteroatoms. The molecular weight excluding hydrogens is 378 g/mol. The average molecular weight is 394 g/mol. The number of ether oxygens (including phenoxy) is 1. The van der Waals surface area contributed by atoms with E-state index in [-0.39, 0.29) is 22.4 Å². The van der Waals surface area contributed by atoms with Crippen LogP contribution in [0.15, 0.2) is 51.9 Å². The number of benzene rings is 2. The molecule has 26 heavy (non-hydrogen) atoms. The normalized spacial score (nSPS) is 11.5. The lowest BCUT2D eigenvalue weighted by Crippen LogP contribution is -2.23. The van der Waals surface area contributed by atoms with E-state index in [0.29, 0.717) is 11.6 Å². The Morgan fingerprint density at radius 2 is 1.92 bits per heavy atom. The first kappa shape index (κ1) is 18.4. The Balaban J connectivity index is 1.72. The molecule has 3 aromatic rings. The summed E-state index contributed by atoms with van der Waals surface area (Å²) in [5.74, 6) is 0.945. The van der Waals surface area contributed by atoms with E-state index in [2.05, 4.69) is 14.9 Å². The van der Waals surface area contributed by atoms with Crippen molar-refractivity contribution in [3.8, 4) is 17.1 Å². The predicted molar refractivity (Wildman–Crippen MR) is 96.5 cm³/mol. The summed E-state index contributed by atoms with van der Waals surface area (Å²) in [4.78, 5) is 4.22. The van der Waals surface area contributed by atoms with Crippen molar-refractivity contribution in [2.24, 2.45) is 0 Å². The van der Waals surface area contributed by atoms with Gasteiger partial charge in [0.2, 0.25) is 21.7 Å². The molecule has 0 amide bonds. The van der Waals surface area contributed by atoms with E-state index in [9.17, 15) is 8.42 Å². The molecule has 0 saturated heterocycles. The van der Waals surface area contributed by atoms with E-state index in [4.69, 9.17) is 20.9 Å². The summed E-state index contributed by atoms with van der Waals surface area (Å²) in [5, 5.41) is 4.07. The lowest BCUT2D eigenvalue weighted by molar-refractivity contribution is 0.376. The van der Waals surface area contributed by atoms with Crippen LogP contribution in [0.2, 0.25) is 5.02 Å². The van der Waals surface area contributed by atoms with Gasteiger partial charge in [-0.3, -0.25) is 0 Å². The topological polar surface area (TPSA) is 94.3 Å². The molecule has 0 radical (unpaired) electrons. The van der Waals surface area contributed by atoms with Gasteiger partial charge in [-0.05, 0) is 25.1 Å². The first-order valence-electron chi connectivity index (χ1n) is 7.62. The molecule has 3 rings (SSSR count). The summed E-state index contributed by atoms with van der Waals surface area (Å²) in [7, 11) is -2.33. The second-order valence-corrected chi connectivity index (χ2v) is 7.67. The molecule has 0 bridgehead atoms. The summed E-state index contributed by atoms with van der Waals surface area (Å²) in [6.45, 7) is 1.84. The van der Waals surface area contributed by atoms with Crippen LogP contribution in [0.25, 0.3) is 11.4 Å². The van der Waals surface area contributed by atoms with E-state index in [1.54, 1.807) is 0 Å². The van der Waals surface area contributed by atoms with Gasteiger partial charge in [-0.1, -0.05) is 46.6 Å². The molecule has 0 saturated carbocycles. The van der Waals surface area contributed by atoms with Gasteiger partial charge in [0.05, 0.1) is 23.6 Å². The highest BCUT2D eigenvalue weighted by molar-refractivity contribution is 7.89. The Morgan fingerprint density at radius 1 is 1.19 bits per heavy atom. The lowest BCUT2D eigenvalue weighted by atomic mass is 10.1. The summed E-state index contributed by atoms with van der Waals surface area (Å²) >= 11 is 5.98. The zero-order valence-corrected chi connectivity index (χ0v) is 15.6. The van der Waals surface area contributed by atoms with Crippen molar-refractivity contribution in [3.05, 3.63) is 58.9 Å². The first-order valence-corrected chi connectivity index (χ1v) is 9.48. The zero-order chi connectivity index (χ0) is 18.7. The Labute approximate surface area is 156 Å². The van der Waals surface area contributed by atoms with Crippen LogP contribution in [0.4, 0.5) is 0 Å². The van der Waals surface area contributed by atoms with Crippen molar-refractivity contribution in [1.29, 1.82) is 0 Å². The minimum atomic E-state index is -3.78. The van der Waals surface area contributed by atoms with Crippen LogP contribution >= 0.6 is 11.6 Å². The molecule has 2 aromatic carbocycles. The van der Waals surface area contributed by atoms with E-state index < -0.39 is 10.0 Å². The van der Waals surface area contributed by atoms with Gasteiger partial charge in [-0.25, -0.2) is 13.1 Å². The molecule has 0 aliphatic heterocycles. The monoisotopic (exact) mass is 393 g/mol. The van der Waals surface area contributed by atoms with Gasteiger partial charge < -0.3 is 9.26 Å². The van der Waals surface area contributed by atoms with Crippen LogP contribution in [-0.4, -0.2) is 25.7 Å². The Kier molecular flexibility index (Phi) is 5.26. The first-order chi connectivity index (χ1) is 12.4. The summed E-state index contributed by atoms with van der Waals surface area (Å²) in [6, 6.07) is 11.8. The SMILES string of the molecule is COc1ccc(S(=O)(=O)NCc2nc(-c3ccc(C)cc3)no2)cc1Cl. The molecule has 1 aromatic heterocycles. The van der Waals surface area contributed by atoms with Crippen molar-refractivity contribution in [1.82, 2.24) is 14.9 Å². The minimum absolute atomic E-state index is 0.0153. The van der Waals surface area contributed by atoms with E-state index in [1.807, 2.05) is 31.2 Å². The largest absolute Gasteiger partial charge is 0.495 e. The number of nitrogens with one attached hydrogen (secondary N) is 1. The predicted octanol–water partition coefficient (Wildman–Crippen LogP) is 3.19. The van der Waals surface area contributed by atoms with E-state index in [1.165, 1.54) is 25.3 Å². The molecule has 0 fully saturated rings. The Bertz CT molecular complexity index is 1020. The van der Waals surface area contributed by atoms with Crippen molar-refractivity contribution >= 4 is 21.6 Å². The second-order valence-electron chi connectivity index (χ2n) is 5.50. The van der Waals surface area contributed by atoms with Gasteiger partial charge in [0.25, 0.3) is 0 Å². The fraction of sp³-hybridized carbons (Fsp3) is 0.176. The number of methoxy groups -OCH3 is 1. The quantitative estimate of drug-likeness (QED) is 0.691. The fourth-order valence-corrected chi connectivity index (χ4v) is 3.52. The maximum atomic E-state index is 12.4. The third-order valence-electron chi connectivity index (χ3n) is 3.62. The lowest BCUT2D eigenvalue weighted by Gasteiger charge is -2.07. The van der Waals surface area contributed by atoms with Gasteiger partial charge in [-0.15, -0.1) is 0 Å². The van der Waals surface area contributed by atoms with Crippen LogP contribution in [0, 0.1) is 6.92 Å². The van der Waals surface area contributed by atoms with Gasteiger partial charge >= 0.3 is 0 Å². The Hall–Kier alpha value is -2.42. The number of rotatable bonds is 6. The second kappa shape index (κ2) is 7.45. The van der Waals surface area contributed by atoms with Gasteiger partial charge in [-0.2, -0.15) is 4.98 Å². The van der Waals surface area contributed by atoms with Crippen molar-refractivity contribution < 1.29 is 17.7 Å². The van der Waals surface area contributed by atoms with E-state index >= 15 is 0 Å². The standard InChI is InChI=1S/C17H16ClN3O4S/c1-11-3-5-12(6-4-11)17-20-16(25-21-17)10-19-26(22,23)13-7-8-15(24-2)14(18)9-13/h3-9,19H,10H2,1-2H3. The van der Waals surface area contributed by atoms with Crippen molar-refractivity contribution in [2.75, 3.05) is 7.11 Å². The highest BCUT2D eigenvalue weighted by Gasteiger charge is 2.18. The molecule has 0 spiro atoms. The van der Waals surface area contributed by atoms with Crippen LogP contribution in [0.3, 0.4) is 0 Å². The Morgan fingerprint density at radius 3 is 2.58 bits per heavy atom. The molecule has 0 unspecified atom stereocenters. The number of hydrogen-bond acceptors (Lipinski definition) is 6. The number of sulfonamides is 1.